The molecule has 0 aliphatic carbocycles. The Labute approximate surface area is 135 Å². The molecule has 1 fully saturated rings. The predicted molar refractivity (Wildman–Crippen MR) is 84.1 cm³/mol. The van der Waals surface area contributed by atoms with E-state index in [1.165, 1.54) is 0 Å². The van der Waals surface area contributed by atoms with Crippen LogP contribution in [0.5, 0.6) is 0 Å². The van der Waals surface area contributed by atoms with Crippen molar-refractivity contribution in [2.24, 2.45) is 5.92 Å². The quantitative estimate of drug-likeness (QED) is 0.922. The number of aliphatic hydroxyl groups is 1. The SMILES string of the molecule is CC[C@@H]1CN(C(=O)c2ccc(-n3cnnc3)nc2)CC[C@]1(C)O. The zero-order valence-corrected chi connectivity index (χ0v) is 13.4. The van der Waals surface area contributed by atoms with Gasteiger partial charge in [0, 0.05) is 25.2 Å². The summed E-state index contributed by atoms with van der Waals surface area (Å²) in [4.78, 5) is 18.7. The molecule has 0 radical (unpaired) electrons. The summed E-state index contributed by atoms with van der Waals surface area (Å²) < 4.78 is 1.68. The van der Waals surface area contributed by atoms with Crippen molar-refractivity contribution >= 4 is 5.91 Å². The van der Waals surface area contributed by atoms with Crippen molar-refractivity contribution in [3.8, 4) is 5.82 Å². The highest BCUT2D eigenvalue weighted by Crippen LogP contribution is 2.30. The fourth-order valence-electron chi connectivity index (χ4n) is 3.04. The molecule has 7 nitrogen and oxygen atoms in total. The van der Waals surface area contributed by atoms with Crippen molar-refractivity contribution in [1.82, 2.24) is 24.6 Å². The largest absolute Gasteiger partial charge is 0.390 e. The van der Waals surface area contributed by atoms with Gasteiger partial charge in [0.15, 0.2) is 0 Å². The lowest BCUT2D eigenvalue weighted by atomic mass is 9.81. The third-order valence-electron chi connectivity index (χ3n) is 4.67. The maximum atomic E-state index is 12.6. The van der Waals surface area contributed by atoms with Crippen LogP contribution >= 0.6 is 0 Å². The smallest absolute Gasteiger partial charge is 0.255 e. The van der Waals surface area contributed by atoms with Crippen molar-refractivity contribution in [3.63, 3.8) is 0 Å². The van der Waals surface area contributed by atoms with Crippen LogP contribution in [0.2, 0.25) is 0 Å². The Bertz CT molecular complexity index is 666. The van der Waals surface area contributed by atoms with Gasteiger partial charge in [-0.3, -0.25) is 9.36 Å². The van der Waals surface area contributed by atoms with E-state index in [4.69, 9.17) is 0 Å². The van der Waals surface area contributed by atoms with E-state index in [1.807, 2.05) is 18.7 Å². The third kappa shape index (κ3) is 3.10. The fourth-order valence-corrected chi connectivity index (χ4v) is 3.04. The molecule has 1 N–H and O–H groups in total. The van der Waals surface area contributed by atoms with Crippen LogP contribution in [0.1, 0.15) is 37.0 Å². The van der Waals surface area contributed by atoms with Crippen LogP contribution in [0.4, 0.5) is 0 Å². The number of hydrogen-bond acceptors (Lipinski definition) is 5. The number of hydrogen-bond donors (Lipinski definition) is 1. The summed E-state index contributed by atoms with van der Waals surface area (Å²) in [6.45, 7) is 5.05. The first-order chi connectivity index (χ1) is 11.0. The molecule has 1 aliphatic rings. The Kier molecular flexibility index (Phi) is 4.12. The second-order valence-electron chi connectivity index (χ2n) is 6.24. The minimum Gasteiger partial charge on any atom is -0.390 e. The van der Waals surface area contributed by atoms with Gasteiger partial charge in [-0.15, -0.1) is 10.2 Å². The van der Waals surface area contributed by atoms with Crippen molar-refractivity contribution in [2.75, 3.05) is 13.1 Å². The minimum atomic E-state index is -0.692. The molecule has 0 spiro atoms. The molecule has 122 valence electrons. The molecule has 1 amide bonds. The Morgan fingerprint density at radius 1 is 1.39 bits per heavy atom. The van der Waals surface area contributed by atoms with E-state index in [2.05, 4.69) is 15.2 Å². The Balaban J connectivity index is 1.73. The van der Waals surface area contributed by atoms with Gasteiger partial charge in [-0.2, -0.15) is 0 Å². The molecule has 23 heavy (non-hydrogen) atoms. The molecule has 7 heteroatoms. The van der Waals surface area contributed by atoms with Gasteiger partial charge in [0.1, 0.15) is 18.5 Å². The maximum Gasteiger partial charge on any atom is 0.255 e. The van der Waals surface area contributed by atoms with Gasteiger partial charge in [0.2, 0.25) is 0 Å². The Morgan fingerprint density at radius 3 is 2.74 bits per heavy atom. The topological polar surface area (TPSA) is 84.1 Å². The van der Waals surface area contributed by atoms with Crippen LogP contribution in [0.25, 0.3) is 5.82 Å². The van der Waals surface area contributed by atoms with Gasteiger partial charge in [-0.1, -0.05) is 6.92 Å². The monoisotopic (exact) mass is 315 g/mol. The van der Waals surface area contributed by atoms with Crippen LogP contribution in [0.3, 0.4) is 0 Å². The molecule has 2 aromatic heterocycles. The molecule has 0 bridgehead atoms. The number of amides is 1. The minimum absolute atomic E-state index is 0.0400. The first kappa shape index (κ1) is 15.6. The molecular formula is C16H21N5O2. The number of rotatable bonds is 3. The molecule has 3 heterocycles. The van der Waals surface area contributed by atoms with E-state index in [-0.39, 0.29) is 11.8 Å². The van der Waals surface area contributed by atoms with Gasteiger partial charge in [0.25, 0.3) is 5.91 Å². The van der Waals surface area contributed by atoms with E-state index in [9.17, 15) is 9.90 Å². The highest BCUT2D eigenvalue weighted by atomic mass is 16.3. The zero-order chi connectivity index (χ0) is 16.4. The van der Waals surface area contributed by atoms with Gasteiger partial charge in [-0.05, 0) is 31.9 Å². The molecule has 0 aromatic carbocycles. The second kappa shape index (κ2) is 6.08. The highest BCUT2D eigenvalue weighted by Gasteiger charge is 2.38. The van der Waals surface area contributed by atoms with Gasteiger partial charge < -0.3 is 10.0 Å². The summed E-state index contributed by atoms with van der Waals surface area (Å²) in [6.07, 6.45) is 6.14. The van der Waals surface area contributed by atoms with Crippen molar-refractivity contribution in [2.45, 2.75) is 32.3 Å². The number of piperidine rings is 1. The van der Waals surface area contributed by atoms with E-state index in [0.29, 0.717) is 30.9 Å². The van der Waals surface area contributed by atoms with Crippen LogP contribution in [-0.2, 0) is 0 Å². The Morgan fingerprint density at radius 2 is 2.13 bits per heavy atom. The molecule has 1 saturated heterocycles. The lowest BCUT2D eigenvalue weighted by molar-refractivity contribution is -0.0521. The fraction of sp³-hybridized carbons (Fsp3) is 0.500. The maximum absolute atomic E-state index is 12.6. The molecular weight excluding hydrogens is 294 g/mol. The Hall–Kier alpha value is -2.28. The van der Waals surface area contributed by atoms with Crippen molar-refractivity contribution < 1.29 is 9.90 Å². The van der Waals surface area contributed by atoms with E-state index < -0.39 is 5.60 Å². The average molecular weight is 315 g/mol. The summed E-state index contributed by atoms with van der Waals surface area (Å²) in [7, 11) is 0. The summed E-state index contributed by atoms with van der Waals surface area (Å²) in [5, 5.41) is 17.9. The predicted octanol–water partition coefficient (Wildman–Crippen LogP) is 1.29. The first-order valence-electron chi connectivity index (χ1n) is 7.84. The molecule has 0 unspecified atom stereocenters. The lowest BCUT2D eigenvalue weighted by Crippen LogP contribution is -2.51. The zero-order valence-electron chi connectivity index (χ0n) is 13.4. The average Bonchev–Trinajstić information content (AvgIpc) is 3.09. The first-order valence-corrected chi connectivity index (χ1v) is 7.84. The van der Waals surface area contributed by atoms with E-state index in [1.54, 1.807) is 35.6 Å². The number of nitrogens with zero attached hydrogens (tertiary/aromatic N) is 5. The molecule has 2 aromatic rings. The summed E-state index contributed by atoms with van der Waals surface area (Å²) >= 11 is 0. The van der Waals surface area contributed by atoms with Gasteiger partial charge >= 0.3 is 0 Å². The van der Waals surface area contributed by atoms with Crippen molar-refractivity contribution in [3.05, 3.63) is 36.5 Å². The number of carbonyl (C=O) groups is 1. The van der Waals surface area contributed by atoms with Gasteiger partial charge in [0.05, 0.1) is 11.2 Å². The number of likely N-dealkylation sites (tertiary alicyclic amines) is 1. The van der Waals surface area contributed by atoms with Crippen LogP contribution in [0.15, 0.2) is 31.0 Å². The number of pyridine rings is 1. The molecule has 2 atom stereocenters. The van der Waals surface area contributed by atoms with Crippen LogP contribution < -0.4 is 0 Å². The molecule has 0 saturated carbocycles. The lowest BCUT2D eigenvalue weighted by Gasteiger charge is -2.42. The molecule has 1 aliphatic heterocycles. The summed E-state index contributed by atoms with van der Waals surface area (Å²) in [5.74, 6) is 0.728. The normalized spacial score (nSPS) is 24.7. The van der Waals surface area contributed by atoms with Gasteiger partial charge in [-0.25, -0.2) is 4.98 Å². The number of carbonyl (C=O) groups excluding carboxylic acids is 1. The third-order valence-corrected chi connectivity index (χ3v) is 4.67. The standard InChI is InChI=1S/C16H21N5O2/c1-3-13-9-20(7-6-16(13,2)23)15(22)12-4-5-14(17-8-12)21-10-18-19-11-21/h4-5,8,10-11,13,23H,3,6-7,9H2,1-2H3/t13-,16+/m1/s1. The number of aromatic nitrogens is 4. The van der Waals surface area contributed by atoms with Crippen LogP contribution in [-0.4, -0.2) is 54.4 Å². The van der Waals surface area contributed by atoms with Crippen LogP contribution in [0, 0.1) is 5.92 Å². The molecule has 3 rings (SSSR count). The van der Waals surface area contributed by atoms with E-state index >= 15 is 0 Å². The van der Waals surface area contributed by atoms with E-state index in [0.717, 1.165) is 6.42 Å². The summed E-state index contributed by atoms with van der Waals surface area (Å²) in [5.41, 5.74) is -0.138. The summed E-state index contributed by atoms with van der Waals surface area (Å²) in [6, 6.07) is 3.53. The highest BCUT2D eigenvalue weighted by molar-refractivity contribution is 5.94. The second-order valence-corrected chi connectivity index (χ2v) is 6.24. The van der Waals surface area contributed by atoms with Crippen molar-refractivity contribution in [1.29, 1.82) is 0 Å².